The lowest BCUT2D eigenvalue weighted by atomic mass is 9.71. The first kappa shape index (κ1) is 19.7. The molecule has 148 valence electrons. The smallest absolute Gasteiger partial charge is 0.408 e. The van der Waals surface area contributed by atoms with Gasteiger partial charge in [0.25, 0.3) is 0 Å². The third kappa shape index (κ3) is 3.81. The summed E-state index contributed by atoms with van der Waals surface area (Å²) in [6.07, 6.45) is 2.24. The minimum absolute atomic E-state index is 0.295. The van der Waals surface area contributed by atoms with Crippen LogP contribution < -0.4 is 5.32 Å². The van der Waals surface area contributed by atoms with Gasteiger partial charge in [-0.2, -0.15) is 0 Å². The van der Waals surface area contributed by atoms with E-state index in [0.717, 1.165) is 37.9 Å². The number of carbonyl (C=O) groups excluding carboxylic acids is 1. The molecule has 1 aromatic rings. The second-order valence-corrected chi connectivity index (χ2v) is 8.79. The molecule has 3 heterocycles. The number of carboxylic acid groups (broad SMARTS) is 1. The summed E-state index contributed by atoms with van der Waals surface area (Å²) >= 11 is 0. The third-order valence-corrected chi connectivity index (χ3v) is 5.75. The number of piperidine rings is 3. The molecule has 1 aromatic carbocycles. The van der Waals surface area contributed by atoms with Crippen LogP contribution in [0.4, 0.5) is 4.79 Å². The predicted molar refractivity (Wildman–Crippen MR) is 103 cm³/mol. The van der Waals surface area contributed by atoms with Crippen molar-refractivity contribution in [1.82, 2.24) is 10.2 Å². The van der Waals surface area contributed by atoms with E-state index in [4.69, 9.17) is 4.74 Å². The number of benzene rings is 1. The van der Waals surface area contributed by atoms with Crippen LogP contribution in [0.1, 0.15) is 51.2 Å². The van der Waals surface area contributed by atoms with Crippen LogP contribution in [0.25, 0.3) is 0 Å². The molecular weight excluding hydrogens is 344 g/mol. The topological polar surface area (TPSA) is 78.9 Å². The van der Waals surface area contributed by atoms with Crippen molar-refractivity contribution >= 4 is 12.1 Å². The van der Waals surface area contributed by atoms with Gasteiger partial charge in [-0.25, -0.2) is 9.59 Å². The van der Waals surface area contributed by atoms with E-state index in [-0.39, 0.29) is 6.04 Å². The molecule has 3 saturated heterocycles. The van der Waals surface area contributed by atoms with Crippen molar-refractivity contribution in [3.05, 3.63) is 35.4 Å². The van der Waals surface area contributed by atoms with Crippen LogP contribution in [-0.4, -0.2) is 46.8 Å². The van der Waals surface area contributed by atoms with Crippen LogP contribution in [0, 0.1) is 12.8 Å². The van der Waals surface area contributed by atoms with E-state index >= 15 is 0 Å². The molecule has 6 nitrogen and oxygen atoms in total. The second-order valence-electron chi connectivity index (χ2n) is 8.79. The molecule has 0 saturated carbocycles. The van der Waals surface area contributed by atoms with E-state index in [9.17, 15) is 14.7 Å². The Morgan fingerprint density at radius 3 is 2.30 bits per heavy atom. The maximum Gasteiger partial charge on any atom is 0.408 e. The summed E-state index contributed by atoms with van der Waals surface area (Å²) in [5.41, 5.74) is -0.766. The number of fused-ring (bicyclic) bond motifs is 3. The van der Waals surface area contributed by atoms with Crippen molar-refractivity contribution < 1.29 is 19.4 Å². The summed E-state index contributed by atoms with van der Waals surface area (Å²) in [4.78, 5) is 27.7. The lowest BCUT2D eigenvalue weighted by molar-refractivity contribution is -0.152. The zero-order valence-corrected chi connectivity index (χ0v) is 16.6. The first-order valence-electron chi connectivity index (χ1n) is 9.68. The Hall–Kier alpha value is -2.08. The van der Waals surface area contributed by atoms with Gasteiger partial charge in [0.1, 0.15) is 5.60 Å². The maximum atomic E-state index is 12.8. The van der Waals surface area contributed by atoms with E-state index in [2.05, 4.69) is 10.2 Å². The van der Waals surface area contributed by atoms with Crippen molar-refractivity contribution in [2.75, 3.05) is 13.1 Å². The Labute approximate surface area is 160 Å². The first-order chi connectivity index (χ1) is 12.6. The van der Waals surface area contributed by atoms with Gasteiger partial charge in [0.05, 0.1) is 0 Å². The number of aliphatic carboxylic acids is 1. The van der Waals surface area contributed by atoms with Crippen LogP contribution in [-0.2, 0) is 15.1 Å². The summed E-state index contributed by atoms with van der Waals surface area (Å²) in [5.74, 6) is -0.539. The Morgan fingerprint density at radius 2 is 1.81 bits per heavy atom. The lowest BCUT2D eigenvalue weighted by Gasteiger charge is -2.52. The summed E-state index contributed by atoms with van der Waals surface area (Å²) in [7, 11) is 0. The molecule has 4 rings (SSSR count). The van der Waals surface area contributed by atoms with E-state index in [0.29, 0.717) is 11.5 Å². The number of nitrogens with zero attached hydrogens (tertiary/aromatic N) is 1. The number of aryl methyl sites for hydroxylation is 1. The highest BCUT2D eigenvalue weighted by atomic mass is 16.6. The highest BCUT2D eigenvalue weighted by molar-refractivity contribution is 5.87. The number of nitrogens with one attached hydrogen (secondary N) is 1. The summed E-state index contributed by atoms with van der Waals surface area (Å²) in [6, 6.07) is 7.11. The van der Waals surface area contributed by atoms with Gasteiger partial charge in [0.2, 0.25) is 0 Å². The van der Waals surface area contributed by atoms with Crippen LogP contribution >= 0.6 is 0 Å². The lowest BCUT2D eigenvalue weighted by Crippen LogP contribution is -2.68. The first-order valence-corrected chi connectivity index (χ1v) is 9.68. The zero-order valence-electron chi connectivity index (χ0n) is 16.6. The number of carbonyl (C=O) groups is 2. The molecule has 1 amide bonds. The number of hydrogen-bond acceptors (Lipinski definition) is 4. The number of rotatable bonds is 4. The van der Waals surface area contributed by atoms with E-state index < -0.39 is 23.2 Å². The third-order valence-electron chi connectivity index (χ3n) is 5.75. The Morgan fingerprint density at radius 1 is 1.19 bits per heavy atom. The fraction of sp³-hybridized carbons (Fsp3) is 0.619. The van der Waals surface area contributed by atoms with Crippen LogP contribution in [0.3, 0.4) is 0 Å². The molecule has 2 atom stereocenters. The van der Waals surface area contributed by atoms with Crippen molar-refractivity contribution in [1.29, 1.82) is 0 Å². The summed E-state index contributed by atoms with van der Waals surface area (Å²) in [6.45, 7) is 8.94. The normalized spacial score (nSPS) is 26.9. The number of alkyl carbamates (subject to hydrolysis) is 1. The molecule has 0 aromatic heterocycles. The Kier molecular flexibility index (Phi) is 5.21. The molecule has 3 aliphatic heterocycles. The summed E-state index contributed by atoms with van der Waals surface area (Å²) in [5, 5.41) is 13.2. The second kappa shape index (κ2) is 7.15. The number of hydrogen-bond donors (Lipinski definition) is 2. The molecule has 0 aliphatic carbocycles. The van der Waals surface area contributed by atoms with Crippen LogP contribution in [0.5, 0.6) is 0 Å². The summed E-state index contributed by atoms with van der Waals surface area (Å²) < 4.78 is 5.44. The SMILES string of the molecule is Cc1ccccc1C(NC(=O)OC(C)(C)C)(C(=O)O)[C@H]1CC2CCN1CC2. The van der Waals surface area contributed by atoms with Gasteiger partial charge in [-0.15, -0.1) is 0 Å². The maximum absolute atomic E-state index is 12.8. The Bertz CT molecular complexity index is 719. The van der Waals surface area contributed by atoms with Gasteiger partial charge in [-0.05, 0) is 77.1 Å². The molecular formula is C21H30N2O4. The molecule has 6 heteroatoms. The minimum Gasteiger partial charge on any atom is -0.479 e. The quantitative estimate of drug-likeness (QED) is 0.845. The molecule has 2 N–H and O–H groups in total. The fourth-order valence-electron chi connectivity index (χ4n) is 4.54. The monoisotopic (exact) mass is 374 g/mol. The molecule has 3 fully saturated rings. The Balaban J connectivity index is 2.08. The van der Waals surface area contributed by atoms with Gasteiger partial charge in [-0.1, -0.05) is 24.3 Å². The van der Waals surface area contributed by atoms with Gasteiger partial charge < -0.3 is 9.84 Å². The van der Waals surface area contributed by atoms with Crippen molar-refractivity contribution in [2.24, 2.45) is 5.92 Å². The standard InChI is InChI=1S/C21H30N2O4/c1-14-7-5-6-8-16(14)21(18(24)25,22-19(26)27-20(2,3)4)17-13-15-9-11-23(17)12-10-15/h5-8,15,17H,9-13H2,1-4H3,(H,22,26)(H,24,25)/t17-,21?/m1/s1. The highest BCUT2D eigenvalue weighted by Gasteiger charge is 2.55. The van der Waals surface area contributed by atoms with E-state index in [1.54, 1.807) is 20.8 Å². The van der Waals surface area contributed by atoms with Crippen molar-refractivity contribution in [2.45, 2.75) is 64.1 Å². The molecule has 27 heavy (non-hydrogen) atoms. The van der Waals surface area contributed by atoms with Crippen molar-refractivity contribution in [3.63, 3.8) is 0 Å². The number of ether oxygens (including phenoxy) is 1. The molecule has 3 aliphatic rings. The van der Waals surface area contributed by atoms with Crippen LogP contribution in [0.15, 0.2) is 24.3 Å². The van der Waals surface area contributed by atoms with Gasteiger partial charge >= 0.3 is 12.1 Å². The fourth-order valence-corrected chi connectivity index (χ4v) is 4.54. The molecule has 1 unspecified atom stereocenters. The molecule has 0 spiro atoms. The van der Waals surface area contributed by atoms with Gasteiger partial charge in [0.15, 0.2) is 5.54 Å². The number of carboxylic acids is 1. The average molecular weight is 374 g/mol. The van der Waals surface area contributed by atoms with Crippen LogP contribution in [0.2, 0.25) is 0 Å². The number of amides is 1. The van der Waals surface area contributed by atoms with Gasteiger partial charge in [0, 0.05) is 6.04 Å². The highest BCUT2D eigenvalue weighted by Crippen LogP contribution is 2.42. The molecule has 2 bridgehead atoms. The molecule has 0 radical (unpaired) electrons. The van der Waals surface area contributed by atoms with Crippen molar-refractivity contribution in [3.8, 4) is 0 Å². The van der Waals surface area contributed by atoms with E-state index in [1.807, 2.05) is 31.2 Å². The van der Waals surface area contributed by atoms with E-state index in [1.165, 1.54) is 0 Å². The average Bonchev–Trinajstić information content (AvgIpc) is 2.59. The zero-order chi connectivity index (χ0) is 19.8. The minimum atomic E-state index is -1.53. The predicted octanol–water partition coefficient (Wildman–Crippen LogP) is 3.28. The van der Waals surface area contributed by atoms with Gasteiger partial charge in [-0.3, -0.25) is 10.2 Å². The largest absolute Gasteiger partial charge is 0.479 e.